The Kier molecular flexibility index (Phi) is 4.57. The highest BCUT2D eigenvalue weighted by atomic mass is 32.2. The van der Waals surface area contributed by atoms with E-state index in [1.165, 1.54) is 0 Å². The Labute approximate surface area is 120 Å². The van der Waals surface area contributed by atoms with Gasteiger partial charge in [-0.15, -0.1) is 0 Å². The van der Waals surface area contributed by atoms with Crippen LogP contribution in [0.25, 0.3) is 0 Å². The van der Waals surface area contributed by atoms with Crippen molar-refractivity contribution in [2.75, 3.05) is 5.75 Å². The third-order valence-electron chi connectivity index (χ3n) is 3.17. The highest BCUT2D eigenvalue weighted by Crippen LogP contribution is 2.16. The second-order valence-corrected chi connectivity index (χ2v) is 7.17. The van der Waals surface area contributed by atoms with Crippen molar-refractivity contribution < 1.29 is 8.42 Å². The average molecular weight is 289 g/mol. The minimum atomic E-state index is -3.22. The first-order valence-electron chi connectivity index (χ1n) is 6.53. The van der Waals surface area contributed by atoms with Crippen molar-refractivity contribution in [2.45, 2.75) is 18.7 Å². The second-order valence-electron chi connectivity index (χ2n) is 5.06. The predicted octanol–water partition coefficient (Wildman–Crippen LogP) is 2.61. The predicted molar refractivity (Wildman–Crippen MR) is 82.0 cm³/mol. The van der Waals surface area contributed by atoms with E-state index >= 15 is 0 Å². The molecule has 0 aliphatic rings. The Hall–Kier alpha value is -1.65. The van der Waals surface area contributed by atoms with Crippen molar-refractivity contribution in [3.63, 3.8) is 0 Å². The van der Waals surface area contributed by atoms with Gasteiger partial charge in [0.15, 0.2) is 9.84 Å². The lowest BCUT2D eigenvalue weighted by Gasteiger charge is -2.13. The van der Waals surface area contributed by atoms with Crippen molar-refractivity contribution in [1.82, 2.24) is 0 Å². The third-order valence-corrected chi connectivity index (χ3v) is 4.81. The number of nitrogens with two attached hydrogens (primary N) is 1. The summed E-state index contributed by atoms with van der Waals surface area (Å²) < 4.78 is 24.3. The normalized spacial score (nSPS) is 13.1. The van der Waals surface area contributed by atoms with Gasteiger partial charge >= 0.3 is 0 Å². The first-order valence-corrected chi connectivity index (χ1v) is 8.35. The van der Waals surface area contributed by atoms with Crippen LogP contribution < -0.4 is 5.73 Å². The van der Waals surface area contributed by atoms with E-state index in [1.807, 2.05) is 61.5 Å². The van der Waals surface area contributed by atoms with Crippen LogP contribution >= 0.6 is 0 Å². The quantitative estimate of drug-likeness (QED) is 0.920. The molecule has 1 unspecified atom stereocenters. The van der Waals surface area contributed by atoms with Gasteiger partial charge in [-0.05, 0) is 18.1 Å². The maximum Gasteiger partial charge on any atom is 0.156 e. The van der Waals surface area contributed by atoms with E-state index in [1.54, 1.807) is 0 Å². The summed E-state index contributed by atoms with van der Waals surface area (Å²) in [7, 11) is -3.22. The lowest BCUT2D eigenvalue weighted by molar-refractivity contribution is 0.588. The summed E-state index contributed by atoms with van der Waals surface area (Å²) in [5, 5.41) is 0. The standard InChI is InChI=1S/C16H19NO2S/c1-13-7-9-15(10-8-13)16(17)12-20(18,19)11-14-5-3-2-4-6-14/h2-10,16H,11-12,17H2,1H3. The van der Waals surface area contributed by atoms with E-state index in [2.05, 4.69) is 0 Å². The van der Waals surface area contributed by atoms with Gasteiger partial charge in [0.2, 0.25) is 0 Å². The van der Waals surface area contributed by atoms with Crippen molar-refractivity contribution in [2.24, 2.45) is 5.73 Å². The molecule has 2 rings (SSSR count). The molecule has 2 aromatic rings. The molecule has 3 nitrogen and oxygen atoms in total. The molecule has 0 radical (unpaired) electrons. The average Bonchev–Trinajstić information content (AvgIpc) is 2.39. The van der Waals surface area contributed by atoms with Crippen LogP contribution in [0.3, 0.4) is 0 Å². The summed E-state index contributed by atoms with van der Waals surface area (Å²) in [4.78, 5) is 0. The highest BCUT2D eigenvalue weighted by molar-refractivity contribution is 7.90. The smallest absolute Gasteiger partial charge is 0.156 e. The van der Waals surface area contributed by atoms with Crippen LogP contribution in [-0.4, -0.2) is 14.2 Å². The van der Waals surface area contributed by atoms with Gasteiger partial charge in [0.1, 0.15) is 0 Å². The minimum absolute atomic E-state index is 0.0351. The molecular weight excluding hydrogens is 270 g/mol. The van der Waals surface area contributed by atoms with Crippen molar-refractivity contribution in [3.05, 3.63) is 71.3 Å². The van der Waals surface area contributed by atoms with Gasteiger partial charge in [-0.3, -0.25) is 0 Å². The molecule has 20 heavy (non-hydrogen) atoms. The second kappa shape index (κ2) is 6.20. The SMILES string of the molecule is Cc1ccc(C(N)CS(=O)(=O)Cc2ccccc2)cc1. The fourth-order valence-electron chi connectivity index (χ4n) is 2.07. The van der Waals surface area contributed by atoms with Crippen LogP contribution in [0.1, 0.15) is 22.7 Å². The molecule has 0 amide bonds. The molecular formula is C16H19NO2S. The van der Waals surface area contributed by atoms with Gasteiger partial charge in [-0.1, -0.05) is 60.2 Å². The Morgan fingerprint density at radius 2 is 1.60 bits per heavy atom. The zero-order chi connectivity index (χ0) is 14.6. The fraction of sp³-hybridized carbons (Fsp3) is 0.250. The molecule has 0 saturated carbocycles. The molecule has 106 valence electrons. The van der Waals surface area contributed by atoms with Crippen LogP contribution in [0.5, 0.6) is 0 Å². The van der Waals surface area contributed by atoms with Crippen LogP contribution in [0, 0.1) is 6.92 Å². The monoisotopic (exact) mass is 289 g/mol. The van der Waals surface area contributed by atoms with Crippen molar-refractivity contribution >= 4 is 9.84 Å². The number of benzene rings is 2. The summed E-state index contributed by atoms with van der Waals surface area (Å²) in [5.74, 6) is -0.00163. The highest BCUT2D eigenvalue weighted by Gasteiger charge is 2.18. The first kappa shape index (κ1) is 14.8. The molecule has 0 spiro atoms. The molecule has 1 atom stereocenters. The molecule has 0 saturated heterocycles. The molecule has 0 aliphatic carbocycles. The summed E-state index contributed by atoms with van der Waals surface area (Å²) in [5.41, 5.74) is 8.79. The maximum atomic E-state index is 12.2. The van der Waals surface area contributed by atoms with Gasteiger partial charge in [0, 0.05) is 6.04 Å². The Balaban J connectivity index is 2.06. The minimum Gasteiger partial charge on any atom is -0.323 e. The molecule has 0 fully saturated rings. The summed E-state index contributed by atoms with van der Waals surface area (Å²) in [6.07, 6.45) is 0. The summed E-state index contributed by atoms with van der Waals surface area (Å²) >= 11 is 0. The molecule has 0 heterocycles. The Bertz CT molecular complexity index is 649. The number of aryl methyl sites for hydroxylation is 1. The maximum absolute atomic E-state index is 12.2. The lowest BCUT2D eigenvalue weighted by Crippen LogP contribution is -2.22. The van der Waals surface area contributed by atoms with Crippen LogP contribution in [0.4, 0.5) is 0 Å². The third kappa shape index (κ3) is 4.18. The molecule has 0 aliphatic heterocycles. The zero-order valence-electron chi connectivity index (χ0n) is 11.5. The van der Waals surface area contributed by atoms with E-state index in [0.717, 1.165) is 16.7 Å². The topological polar surface area (TPSA) is 60.2 Å². The molecule has 4 heteroatoms. The number of hydrogen-bond donors (Lipinski definition) is 1. The van der Waals surface area contributed by atoms with Crippen molar-refractivity contribution in [3.8, 4) is 0 Å². The summed E-state index contributed by atoms with van der Waals surface area (Å²) in [6, 6.07) is 16.4. The van der Waals surface area contributed by atoms with Gasteiger partial charge in [0.05, 0.1) is 11.5 Å². The van der Waals surface area contributed by atoms with E-state index in [-0.39, 0.29) is 11.5 Å². The van der Waals surface area contributed by atoms with Crippen LogP contribution in [-0.2, 0) is 15.6 Å². The van der Waals surface area contributed by atoms with E-state index in [9.17, 15) is 8.42 Å². The molecule has 0 aromatic heterocycles. The zero-order valence-corrected chi connectivity index (χ0v) is 12.3. The van der Waals surface area contributed by atoms with E-state index < -0.39 is 15.9 Å². The fourth-order valence-corrected chi connectivity index (χ4v) is 3.63. The molecule has 2 aromatic carbocycles. The van der Waals surface area contributed by atoms with Gasteiger partial charge < -0.3 is 5.73 Å². The van der Waals surface area contributed by atoms with Gasteiger partial charge in [-0.25, -0.2) is 8.42 Å². The van der Waals surface area contributed by atoms with Crippen LogP contribution in [0.15, 0.2) is 54.6 Å². The molecule has 2 N–H and O–H groups in total. The lowest BCUT2D eigenvalue weighted by atomic mass is 10.1. The van der Waals surface area contributed by atoms with Crippen molar-refractivity contribution in [1.29, 1.82) is 0 Å². The molecule has 0 bridgehead atoms. The first-order chi connectivity index (χ1) is 9.46. The Morgan fingerprint density at radius 1 is 1.00 bits per heavy atom. The largest absolute Gasteiger partial charge is 0.323 e. The van der Waals surface area contributed by atoms with Crippen LogP contribution in [0.2, 0.25) is 0 Å². The summed E-state index contributed by atoms with van der Waals surface area (Å²) in [6.45, 7) is 1.99. The number of rotatable bonds is 5. The van der Waals surface area contributed by atoms with E-state index in [4.69, 9.17) is 5.73 Å². The van der Waals surface area contributed by atoms with Gasteiger partial charge in [-0.2, -0.15) is 0 Å². The number of sulfone groups is 1. The van der Waals surface area contributed by atoms with Gasteiger partial charge in [0.25, 0.3) is 0 Å². The number of hydrogen-bond acceptors (Lipinski definition) is 3. The van der Waals surface area contributed by atoms with E-state index in [0.29, 0.717) is 0 Å². The Morgan fingerprint density at radius 3 is 2.20 bits per heavy atom.